The highest BCUT2D eigenvalue weighted by atomic mass is 32.1. The fourth-order valence-corrected chi connectivity index (χ4v) is 3.33. The van der Waals surface area contributed by atoms with E-state index in [4.69, 9.17) is 4.74 Å². The van der Waals surface area contributed by atoms with Crippen molar-refractivity contribution in [2.24, 2.45) is 0 Å². The van der Waals surface area contributed by atoms with E-state index in [2.05, 4.69) is 5.32 Å². The maximum Gasteiger partial charge on any atom is 0.225 e. The van der Waals surface area contributed by atoms with Crippen LogP contribution in [0, 0.1) is 0 Å². The van der Waals surface area contributed by atoms with Crippen molar-refractivity contribution >= 4 is 22.9 Å². The van der Waals surface area contributed by atoms with Crippen molar-refractivity contribution in [1.29, 1.82) is 0 Å². The van der Waals surface area contributed by atoms with E-state index in [1.807, 2.05) is 17.5 Å². The quantitative estimate of drug-likeness (QED) is 0.886. The summed E-state index contributed by atoms with van der Waals surface area (Å²) in [7, 11) is 1.52. The number of fused-ring (bicyclic) bond motifs is 1. The first-order chi connectivity index (χ1) is 9.19. The van der Waals surface area contributed by atoms with Gasteiger partial charge in [-0.3, -0.25) is 4.79 Å². The highest BCUT2D eigenvalue weighted by Gasteiger charge is 2.28. The fraction of sp³-hybridized carbons (Fsp3) is 0.214. The minimum atomic E-state index is 0.0166. The van der Waals surface area contributed by atoms with Crippen LogP contribution in [-0.2, 0) is 4.79 Å². The molecule has 2 aromatic rings. The van der Waals surface area contributed by atoms with E-state index in [-0.39, 0.29) is 17.6 Å². The first-order valence-electron chi connectivity index (χ1n) is 5.93. The van der Waals surface area contributed by atoms with Crippen LogP contribution >= 0.6 is 11.3 Å². The van der Waals surface area contributed by atoms with Gasteiger partial charge in [0, 0.05) is 17.2 Å². The highest BCUT2D eigenvalue weighted by Crippen LogP contribution is 2.42. The smallest absolute Gasteiger partial charge is 0.225 e. The number of aromatic hydroxyl groups is 1. The third-order valence-corrected chi connectivity index (χ3v) is 4.31. The number of thiophene rings is 1. The van der Waals surface area contributed by atoms with Crippen LogP contribution in [-0.4, -0.2) is 18.1 Å². The Morgan fingerprint density at radius 1 is 1.42 bits per heavy atom. The van der Waals surface area contributed by atoms with Crippen molar-refractivity contribution in [3.63, 3.8) is 0 Å². The molecule has 2 heterocycles. The van der Waals surface area contributed by atoms with Crippen molar-refractivity contribution in [2.75, 3.05) is 12.4 Å². The molecule has 2 N–H and O–H groups in total. The molecule has 0 saturated heterocycles. The highest BCUT2D eigenvalue weighted by molar-refractivity contribution is 7.10. The second kappa shape index (κ2) is 4.59. The molecule has 0 fully saturated rings. The van der Waals surface area contributed by atoms with E-state index < -0.39 is 0 Å². The van der Waals surface area contributed by atoms with E-state index in [9.17, 15) is 9.90 Å². The molecule has 0 bridgehead atoms. The maximum atomic E-state index is 11.7. The van der Waals surface area contributed by atoms with Crippen LogP contribution in [0.5, 0.6) is 11.5 Å². The molecule has 1 aromatic heterocycles. The number of phenolic OH excluding ortho intramolecular Hbond substituents is 1. The normalized spacial score (nSPS) is 17.7. The Balaban J connectivity index is 2.06. The lowest BCUT2D eigenvalue weighted by molar-refractivity contribution is -0.116. The maximum absolute atomic E-state index is 11.7. The van der Waals surface area contributed by atoms with Gasteiger partial charge < -0.3 is 15.2 Å². The van der Waals surface area contributed by atoms with Crippen molar-refractivity contribution in [3.05, 3.63) is 40.1 Å². The van der Waals surface area contributed by atoms with Gasteiger partial charge >= 0.3 is 0 Å². The van der Waals surface area contributed by atoms with E-state index >= 15 is 0 Å². The number of amides is 1. The average Bonchev–Trinajstić information content (AvgIpc) is 2.86. The monoisotopic (exact) mass is 275 g/mol. The van der Waals surface area contributed by atoms with Crippen molar-refractivity contribution < 1.29 is 14.6 Å². The van der Waals surface area contributed by atoms with Crippen molar-refractivity contribution in [2.45, 2.75) is 12.3 Å². The summed E-state index contributed by atoms with van der Waals surface area (Å²) in [4.78, 5) is 12.9. The summed E-state index contributed by atoms with van der Waals surface area (Å²) in [5, 5.41) is 14.5. The molecule has 1 aliphatic rings. The minimum Gasteiger partial charge on any atom is -0.504 e. The number of hydrogen-bond acceptors (Lipinski definition) is 4. The zero-order valence-electron chi connectivity index (χ0n) is 10.3. The third-order valence-electron chi connectivity index (χ3n) is 3.28. The SMILES string of the molecule is COc1cc([C@H]2CC(=O)Nc3ccsc32)ccc1O. The lowest BCUT2D eigenvalue weighted by Crippen LogP contribution is -2.21. The average molecular weight is 275 g/mol. The molecule has 0 spiro atoms. The predicted octanol–water partition coefficient (Wildman–Crippen LogP) is 2.94. The molecular weight excluding hydrogens is 262 g/mol. The lowest BCUT2D eigenvalue weighted by Gasteiger charge is -2.23. The zero-order valence-corrected chi connectivity index (χ0v) is 11.2. The summed E-state index contributed by atoms with van der Waals surface area (Å²) in [5.41, 5.74) is 1.87. The van der Waals surface area contributed by atoms with Gasteiger partial charge in [0.1, 0.15) is 0 Å². The Labute approximate surface area is 114 Å². The molecule has 98 valence electrons. The van der Waals surface area contributed by atoms with Crippen LogP contribution in [0.2, 0.25) is 0 Å². The molecule has 0 saturated carbocycles. The van der Waals surface area contributed by atoms with Gasteiger partial charge in [0.15, 0.2) is 11.5 Å². The minimum absolute atomic E-state index is 0.0166. The number of carbonyl (C=O) groups is 1. The molecule has 0 aliphatic carbocycles. The second-order valence-corrected chi connectivity index (χ2v) is 5.38. The van der Waals surface area contributed by atoms with Gasteiger partial charge in [-0.15, -0.1) is 11.3 Å². The largest absolute Gasteiger partial charge is 0.504 e. The summed E-state index contributed by atoms with van der Waals surface area (Å²) >= 11 is 1.63. The van der Waals surface area contributed by atoms with Crippen LogP contribution in [0.25, 0.3) is 0 Å². The number of carbonyl (C=O) groups excluding carboxylic acids is 1. The second-order valence-electron chi connectivity index (χ2n) is 4.43. The summed E-state index contributed by atoms with van der Waals surface area (Å²) in [6.07, 6.45) is 0.418. The van der Waals surface area contributed by atoms with E-state index in [0.29, 0.717) is 12.2 Å². The number of rotatable bonds is 2. The molecule has 1 atom stereocenters. The van der Waals surface area contributed by atoms with Crippen molar-refractivity contribution in [1.82, 2.24) is 0 Å². The van der Waals surface area contributed by atoms with Gasteiger partial charge in [-0.2, -0.15) is 0 Å². The number of ether oxygens (including phenoxy) is 1. The predicted molar refractivity (Wildman–Crippen MR) is 74.1 cm³/mol. The Kier molecular flexibility index (Phi) is 2.91. The van der Waals surface area contributed by atoms with Crippen LogP contribution < -0.4 is 10.1 Å². The molecule has 1 amide bonds. The number of phenols is 1. The molecule has 4 nitrogen and oxygen atoms in total. The Morgan fingerprint density at radius 2 is 2.26 bits per heavy atom. The Hall–Kier alpha value is -2.01. The van der Waals surface area contributed by atoms with E-state index in [1.165, 1.54) is 7.11 Å². The van der Waals surface area contributed by atoms with Gasteiger partial charge in [-0.25, -0.2) is 0 Å². The van der Waals surface area contributed by atoms with Crippen LogP contribution in [0.4, 0.5) is 5.69 Å². The Bertz CT molecular complexity index is 635. The molecular formula is C14H13NO3S. The first-order valence-corrected chi connectivity index (χ1v) is 6.81. The van der Waals surface area contributed by atoms with Crippen LogP contribution in [0.15, 0.2) is 29.6 Å². The number of anilines is 1. The van der Waals surface area contributed by atoms with E-state index in [1.54, 1.807) is 23.5 Å². The first kappa shape index (κ1) is 12.0. The molecule has 1 aromatic carbocycles. The third kappa shape index (κ3) is 2.06. The van der Waals surface area contributed by atoms with Gasteiger partial charge in [-0.05, 0) is 29.1 Å². The molecule has 0 unspecified atom stereocenters. The summed E-state index contributed by atoms with van der Waals surface area (Å²) in [6, 6.07) is 7.16. The fourth-order valence-electron chi connectivity index (χ4n) is 2.35. The van der Waals surface area contributed by atoms with Crippen LogP contribution in [0.3, 0.4) is 0 Å². The number of benzene rings is 1. The Morgan fingerprint density at radius 3 is 3.05 bits per heavy atom. The number of methoxy groups -OCH3 is 1. The summed E-state index contributed by atoms with van der Waals surface area (Å²) < 4.78 is 5.13. The number of hydrogen-bond donors (Lipinski definition) is 2. The van der Waals surface area contributed by atoms with E-state index in [0.717, 1.165) is 16.1 Å². The lowest BCUT2D eigenvalue weighted by atomic mass is 9.90. The van der Waals surface area contributed by atoms with Gasteiger partial charge in [0.2, 0.25) is 5.91 Å². The molecule has 19 heavy (non-hydrogen) atoms. The topological polar surface area (TPSA) is 58.6 Å². The summed E-state index contributed by atoms with van der Waals surface area (Å²) in [6.45, 7) is 0. The van der Waals surface area contributed by atoms with Crippen molar-refractivity contribution in [3.8, 4) is 11.5 Å². The molecule has 5 heteroatoms. The van der Waals surface area contributed by atoms with Gasteiger partial charge in [-0.1, -0.05) is 6.07 Å². The van der Waals surface area contributed by atoms with Gasteiger partial charge in [0.05, 0.1) is 12.8 Å². The standard InChI is InChI=1S/C14H13NO3S/c1-18-12-6-8(2-3-11(12)16)9-7-13(17)15-10-4-5-19-14(9)10/h2-6,9,16H,7H2,1H3,(H,15,17)/t9-/m1/s1. The van der Waals surface area contributed by atoms with Gasteiger partial charge in [0.25, 0.3) is 0 Å². The molecule has 3 rings (SSSR count). The molecule has 1 aliphatic heterocycles. The van der Waals surface area contributed by atoms with Crippen LogP contribution in [0.1, 0.15) is 22.8 Å². The summed E-state index contributed by atoms with van der Waals surface area (Å²) in [5.74, 6) is 0.584. The zero-order chi connectivity index (χ0) is 13.4. The number of nitrogens with one attached hydrogen (secondary N) is 1. The molecule has 0 radical (unpaired) electrons.